The van der Waals surface area contributed by atoms with Crippen molar-refractivity contribution in [1.82, 2.24) is 14.8 Å². The van der Waals surface area contributed by atoms with E-state index in [1.54, 1.807) is 11.1 Å². The van der Waals surface area contributed by atoms with Gasteiger partial charge in [0.25, 0.3) is 0 Å². The van der Waals surface area contributed by atoms with E-state index in [0.29, 0.717) is 19.6 Å². The summed E-state index contributed by atoms with van der Waals surface area (Å²) in [6.07, 6.45) is 2.11. The highest BCUT2D eigenvalue weighted by Gasteiger charge is 2.46. The Hall–Kier alpha value is -3.09. The largest absolute Gasteiger partial charge is 0.444 e. The molecule has 7 heteroatoms. The number of aromatic nitrogens is 1. The lowest BCUT2D eigenvalue weighted by Crippen LogP contribution is -2.56. The molecule has 2 amide bonds. The molecule has 2 aliphatic heterocycles. The lowest BCUT2D eigenvalue weighted by Gasteiger charge is -2.39. The molecular weight excluding hydrogens is 404 g/mol. The molecule has 0 saturated carbocycles. The second-order valence-corrected chi connectivity index (χ2v) is 9.42. The van der Waals surface area contributed by atoms with Gasteiger partial charge in [0.1, 0.15) is 17.5 Å². The fraction of sp³-hybridized carbons (Fsp3) is 0.480. The van der Waals surface area contributed by atoms with Crippen LogP contribution in [0, 0.1) is 0 Å². The topological polar surface area (TPSA) is 66.0 Å². The van der Waals surface area contributed by atoms with E-state index >= 15 is 0 Å². The summed E-state index contributed by atoms with van der Waals surface area (Å²) in [6, 6.07) is 15.3. The van der Waals surface area contributed by atoms with Crippen LogP contribution in [0.2, 0.25) is 0 Å². The van der Waals surface area contributed by atoms with Crippen molar-refractivity contribution < 1.29 is 14.3 Å². The van der Waals surface area contributed by atoms with Gasteiger partial charge < -0.3 is 14.5 Å². The first-order valence-corrected chi connectivity index (χ1v) is 11.3. The van der Waals surface area contributed by atoms with Crippen LogP contribution >= 0.6 is 0 Å². The molecule has 0 bridgehead atoms. The molecule has 2 aliphatic rings. The van der Waals surface area contributed by atoms with Crippen molar-refractivity contribution in [3.8, 4) is 0 Å². The van der Waals surface area contributed by atoms with Crippen molar-refractivity contribution in [1.29, 1.82) is 0 Å². The van der Waals surface area contributed by atoms with Crippen LogP contribution in [0.15, 0.2) is 54.7 Å². The third kappa shape index (κ3) is 4.87. The molecule has 3 heterocycles. The van der Waals surface area contributed by atoms with E-state index in [2.05, 4.69) is 9.88 Å². The summed E-state index contributed by atoms with van der Waals surface area (Å²) in [5.74, 6) is 0.894. The third-order valence-corrected chi connectivity index (χ3v) is 6.07. The van der Waals surface area contributed by atoms with Crippen molar-refractivity contribution in [2.24, 2.45) is 0 Å². The molecule has 0 spiro atoms. The standard InChI is InChI=1S/C25H32N4O3/c1-25(2,3)32-24(31)29-14-12-20(19-9-5-4-6-10-19)22(29)23(30)28-17-15-27(16-18-28)21-11-7-8-13-26-21/h4-11,13,20,22H,12,14-18H2,1-3H3/t20-,22+/m1/s1. The van der Waals surface area contributed by atoms with Crippen LogP contribution in [0.4, 0.5) is 10.6 Å². The van der Waals surface area contributed by atoms with E-state index in [-0.39, 0.29) is 11.8 Å². The Kier molecular flexibility index (Phi) is 6.35. The zero-order valence-electron chi connectivity index (χ0n) is 19.1. The monoisotopic (exact) mass is 436 g/mol. The summed E-state index contributed by atoms with van der Waals surface area (Å²) < 4.78 is 5.65. The first kappa shape index (κ1) is 22.1. The minimum absolute atomic E-state index is 0.00267. The van der Waals surface area contributed by atoms with Gasteiger partial charge in [0, 0.05) is 44.8 Å². The van der Waals surface area contributed by atoms with Gasteiger partial charge in [-0.3, -0.25) is 9.69 Å². The fourth-order valence-electron chi connectivity index (χ4n) is 4.56. The van der Waals surface area contributed by atoms with Gasteiger partial charge in [-0.15, -0.1) is 0 Å². The maximum absolute atomic E-state index is 13.8. The number of carbonyl (C=O) groups is 2. The Morgan fingerprint density at radius 3 is 2.25 bits per heavy atom. The Morgan fingerprint density at radius 2 is 1.62 bits per heavy atom. The smallest absolute Gasteiger partial charge is 0.410 e. The van der Waals surface area contributed by atoms with Gasteiger partial charge >= 0.3 is 6.09 Å². The SMILES string of the molecule is CC(C)(C)OC(=O)N1CC[C@H](c2ccccc2)[C@H]1C(=O)N1CCN(c2ccccn2)CC1. The molecule has 1 aromatic heterocycles. The highest BCUT2D eigenvalue weighted by Crippen LogP contribution is 2.36. The molecule has 7 nitrogen and oxygen atoms in total. The average Bonchev–Trinajstić information content (AvgIpc) is 3.24. The number of hydrogen-bond acceptors (Lipinski definition) is 5. The molecule has 2 atom stereocenters. The molecule has 2 saturated heterocycles. The van der Waals surface area contributed by atoms with Crippen LogP contribution in [-0.2, 0) is 9.53 Å². The predicted octanol–water partition coefficient (Wildman–Crippen LogP) is 3.52. The molecule has 2 aromatic rings. The van der Waals surface area contributed by atoms with Gasteiger partial charge in [-0.25, -0.2) is 9.78 Å². The molecular formula is C25H32N4O3. The van der Waals surface area contributed by atoms with Gasteiger partial charge in [-0.05, 0) is 44.9 Å². The highest BCUT2D eigenvalue weighted by atomic mass is 16.6. The molecule has 2 fully saturated rings. The van der Waals surface area contributed by atoms with E-state index in [4.69, 9.17) is 4.74 Å². The van der Waals surface area contributed by atoms with Crippen LogP contribution in [0.25, 0.3) is 0 Å². The van der Waals surface area contributed by atoms with E-state index in [1.165, 1.54) is 0 Å². The molecule has 0 aliphatic carbocycles. The minimum atomic E-state index is -0.607. The average molecular weight is 437 g/mol. The number of hydrogen-bond donors (Lipinski definition) is 0. The quantitative estimate of drug-likeness (QED) is 0.737. The molecule has 32 heavy (non-hydrogen) atoms. The van der Waals surface area contributed by atoms with Crippen molar-refractivity contribution >= 4 is 17.8 Å². The van der Waals surface area contributed by atoms with Crippen molar-refractivity contribution in [3.63, 3.8) is 0 Å². The zero-order valence-corrected chi connectivity index (χ0v) is 19.1. The van der Waals surface area contributed by atoms with Crippen LogP contribution in [0.1, 0.15) is 38.7 Å². The van der Waals surface area contributed by atoms with Gasteiger partial charge in [-0.1, -0.05) is 36.4 Å². The maximum atomic E-state index is 13.8. The number of amides is 2. The summed E-state index contributed by atoms with van der Waals surface area (Å²) in [5.41, 5.74) is 0.480. The van der Waals surface area contributed by atoms with Crippen molar-refractivity contribution in [2.45, 2.75) is 44.8 Å². The fourth-order valence-corrected chi connectivity index (χ4v) is 4.56. The minimum Gasteiger partial charge on any atom is -0.444 e. The maximum Gasteiger partial charge on any atom is 0.410 e. The number of likely N-dealkylation sites (tertiary alicyclic amines) is 1. The first-order chi connectivity index (χ1) is 15.3. The van der Waals surface area contributed by atoms with E-state index in [9.17, 15) is 9.59 Å². The Morgan fingerprint density at radius 1 is 0.938 bits per heavy atom. The van der Waals surface area contributed by atoms with Crippen LogP contribution in [-0.4, -0.2) is 71.2 Å². The third-order valence-electron chi connectivity index (χ3n) is 6.07. The summed E-state index contributed by atoms with van der Waals surface area (Å²) >= 11 is 0. The number of anilines is 1. The van der Waals surface area contributed by atoms with Crippen molar-refractivity contribution in [2.75, 3.05) is 37.6 Å². The van der Waals surface area contributed by atoms with Crippen LogP contribution in [0.3, 0.4) is 0 Å². The second kappa shape index (κ2) is 9.18. The van der Waals surface area contributed by atoms with E-state index in [0.717, 1.165) is 30.9 Å². The summed E-state index contributed by atoms with van der Waals surface area (Å²) in [4.78, 5) is 36.9. The number of ether oxygens (including phenoxy) is 1. The molecule has 0 unspecified atom stereocenters. The molecule has 4 rings (SSSR count). The number of piperazine rings is 1. The molecule has 0 N–H and O–H groups in total. The summed E-state index contributed by atoms with van der Waals surface area (Å²) in [6.45, 7) is 8.72. The van der Waals surface area contributed by atoms with E-state index < -0.39 is 17.7 Å². The van der Waals surface area contributed by atoms with Crippen molar-refractivity contribution in [3.05, 3.63) is 60.3 Å². The number of rotatable bonds is 3. The Balaban J connectivity index is 1.52. The van der Waals surface area contributed by atoms with Gasteiger partial charge in [0.05, 0.1) is 0 Å². The molecule has 1 aromatic carbocycles. The lowest BCUT2D eigenvalue weighted by atomic mass is 9.91. The number of carbonyl (C=O) groups excluding carboxylic acids is 2. The Bertz CT molecular complexity index is 921. The number of benzene rings is 1. The van der Waals surface area contributed by atoms with Crippen LogP contribution in [0.5, 0.6) is 0 Å². The van der Waals surface area contributed by atoms with Gasteiger partial charge in [-0.2, -0.15) is 0 Å². The summed E-state index contributed by atoms with van der Waals surface area (Å²) in [5, 5.41) is 0. The molecule has 170 valence electrons. The first-order valence-electron chi connectivity index (χ1n) is 11.3. The molecule has 0 radical (unpaired) electrons. The van der Waals surface area contributed by atoms with Gasteiger partial charge in [0.2, 0.25) is 5.91 Å². The predicted molar refractivity (Wildman–Crippen MR) is 124 cm³/mol. The zero-order chi connectivity index (χ0) is 22.7. The second-order valence-electron chi connectivity index (χ2n) is 9.42. The van der Waals surface area contributed by atoms with Crippen LogP contribution < -0.4 is 4.90 Å². The van der Waals surface area contributed by atoms with Gasteiger partial charge in [0.15, 0.2) is 0 Å². The Labute approximate surface area is 190 Å². The van der Waals surface area contributed by atoms with E-state index in [1.807, 2.05) is 74.2 Å². The number of pyridine rings is 1. The normalized spacial score (nSPS) is 21.5. The lowest BCUT2D eigenvalue weighted by molar-refractivity contribution is -0.136. The summed E-state index contributed by atoms with van der Waals surface area (Å²) in [7, 11) is 0. The highest BCUT2D eigenvalue weighted by molar-refractivity contribution is 5.88. The number of nitrogens with zero attached hydrogens (tertiary/aromatic N) is 4.